The summed E-state index contributed by atoms with van der Waals surface area (Å²) in [6.45, 7) is 0.802. The number of halogens is 2. The number of hydrogen-bond donors (Lipinski definition) is 1. The van der Waals surface area contributed by atoms with Gasteiger partial charge in [0, 0.05) is 32.1 Å². The van der Waals surface area contributed by atoms with E-state index in [9.17, 15) is 8.78 Å². The molecule has 1 atom stereocenters. The number of aliphatic imine (C=N–C) groups is 1. The molecule has 2 aliphatic heterocycles. The van der Waals surface area contributed by atoms with Crippen molar-refractivity contribution in [1.82, 2.24) is 10.2 Å². The summed E-state index contributed by atoms with van der Waals surface area (Å²) in [5.74, 6) is -2.48. The molecule has 14 heavy (non-hydrogen) atoms. The lowest BCUT2D eigenvalue weighted by Crippen LogP contribution is -2.51. The van der Waals surface area contributed by atoms with Gasteiger partial charge in [0.05, 0.1) is 12.4 Å². The van der Waals surface area contributed by atoms with E-state index < -0.39 is 5.92 Å². The fraction of sp³-hybridized carbons (Fsp3) is 0.667. The van der Waals surface area contributed by atoms with Gasteiger partial charge in [0.25, 0.3) is 5.92 Å². The van der Waals surface area contributed by atoms with Crippen molar-refractivity contribution in [3.8, 4) is 0 Å². The van der Waals surface area contributed by atoms with Crippen LogP contribution in [0.3, 0.4) is 0 Å². The molecule has 2 heterocycles. The number of nitrogens with one attached hydrogen (secondary N) is 1. The van der Waals surface area contributed by atoms with Gasteiger partial charge in [-0.2, -0.15) is 0 Å². The molecule has 3 nitrogen and oxygen atoms in total. The van der Waals surface area contributed by atoms with Gasteiger partial charge in [-0.15, -0.1) is 0 Å². The lowest BCUT2D eigenvalue weighted by Gasteiger charge is -2.36. The molecular formula is C9H12F2N3. The van der Waals surface area contributed by atoms with Gasteiger partial charge in [0.1, 0.15) is 6.17 Å². The van der Waals surface area contributed by atoms with Gasteiger partial charge in [-0.25, -0.2) is 8.78 Å². The van der Waals surface area contributed by atoms with E-state index in [4.69, 9.17) is 0 Å². The van der Waals surface area contributed by atoms with Crippen LogP contribution in [0.1, 0.15) is 12.8 Å². The topological polar surface area (TPSA) is 27.6 Å². The Bertz CT molecular complexity index is 253. The van der Waals surface area contributed by atoms with Crippen LogP contribution in [0.5, 0.6) is 0 Å². The largest absolute Gasteiger partial charge is 0.362 e. The third-order valence-corrected chi connectivity index (χ3v) is 2.52. The Morgan fingerprint density at radius 1 is 1.43 bits per heavy atom. The zero-order valence-corrected chi connectivity index (χ0v) is 7.71. The van der Waals surface area contributed by atoms with Crippen LogP contribution in [0.15, 0.2) is 11.2 Å². The molecule has 0 aliphatic carbocycles. The minimum absolute atomic E-state index is 0.0667. The van der Waals surface area contributed by atoms with Gasteiger partial charge in [-0.3, -0.25) is 9.89 Å². The van der Waals surface area contributed by atoms with Crippen LogP contribution in [0.4, 0.5) is 8.78 Å². The highest BCUT2D eigenvalue weighted by molar-refractivity contribution is 5.65. The van der Waals surface area contributed by atoms with Crippen LogP contribution in [-0.4, -0.2) is 36.3 Å². The molecule has 0 spiro atoms. The van der Waals surface area contributed by atoms with E-state index in [1.807, 2.05) is 4.90 Å². The molecule has 2 rings (SSSR count). The average molecular weight is 200 g/mol. The summed E-state index contributed by atoms with van der Waals surface area (Å²) in [7, 11) is 0. The summed E-state index contributed by atoms with van der Waals surface area (Å²) in [6.07, 6.45) is 5.78. The summed E-state index contributed by atoms with van der Waals surface area (Å²) in [4.78, 5) is 5.86. The summed E-state index contributed by atoms with van der Waals surface area (Å²) in [5, 5.41) is 2.94. The van der Waals surface area contributed by atoms with E-state index in [0.717, 1.165) is 0 Å². The molecule has 77 valence electrons. The van der Waals surface area contributed by atoms with Gasteiger partial charge in [-0.05, 0) is 0 Å². The maximum atomic E-state index is 12.8. The number of alkyl halides is 2. The molecule has 1 radical (unpaired) electrons. The molecule has 1 fully saturated rings. The Balaban J connectivity index is 1.89. The lowest BCUT2D eigenvalue weighted by atomic mass is 10.1. The van der Waals surface area contributed by atoms with Gasteiger partial charge in [-0.1, -0.05) is 0 Å². The second-order valence-corrected chi connectivity index (χ2v) is 3.55. The minimum Gasteiger partial charge on any atom is -0.362 e. The molecule has 1 saturated heterocycles. The van der Waals surface area contributed by atoms with Gasteiger partial charge >= 0.3 is 0 Å². The van der Waals surface area contributed by atoms with E-state index in [-0.39, 0.29) is 19.0 Å². The van der Waals surface area contributed by atoms with Crippen molar-refractivity contribution in [3.63, 3.8) is 0 Å². The lowest BCUT2D eigenvalue weighted by molar-refractivity contribution is -0.0594. The summed E-state index contributed by atoms with van der Waals surface area (Å²) in [5.41, 5.74) is 0. The molecule has 1 N–H and O–H groups in total. The van der Waals surface area contributed by atoms with Crippen molar-refractivity contribution < 1.29 is 8.78 Å². The third kappa shape index (κ3) is 2.09. The van der Waals surface area contributed by atoms with Crippen molar-refractivity contribution in [1.29, 1.82) is 0 Å². The third-order valence-electron chi connectivity index (χ3n) is 2.52. The molecule has 1 unspecified atom stereocenters. The Labute approximate surface area is 81.5 Å². The summed E-state index contributed by atoms with van der Waals surface area (Å²) in [6, 6.07) is 0. The predicted octanol–water partition coefficient (Wildman–Crippen LogP) is 0.992. The zero-order chi connectivity index (χ0) is 10.0. The first kappa shape index (κ1) is 9.58. The Morgan fingerprint density at radius 3 is 2.71 bits per heavy atom. The van der Waals surface area contributed by atoms with Crippen LogP contribution in [0.25, 0.3) is 0 Å². The monoisotopic (exact) mass is 200 g/mol. The molecule has 0 aromatic heterocycles. The summed E-state index contributed by atoms with van der Waals surface area (Å²) < 4.78 is 25.7. The maximum Gasteiger partial charge on any atom is 0.250 e. The van der Waals surface area contributed by atoms with Crippen LogP contribution in [0, 0.1) is 6.20 Å². The second kappa shape index (κ2) is 3.65. The van der Waals surface area contributed by atoms with Gasteiger partial charge in [0.2, 0.25) is 0 Å². The van der Waals surface area contributed by atoms with Crippen LogP contribution >= 0.6 is 0 Å². The highest BCUT2D eigenvalue weighted by atomic mass is 19.3. The smallest absolute Gasteiger partial charge is 0.250 e. The molecule has 0 aromatic rings. The van der Waals surface area contributed by atoms with E-state index in [2.05, 4.69) is 16.5 Å². The molecular weight excluding hydrogens is 188 g/mol. The van der Waals surface area contributed by atoms with E-state index in [1.54, 1.807) is 6.21 Å². The predicted molar refractivity (Wildman–Crippen MR) is 49.0 cm³/mol. The average Bonchev–Trinajstić information content (AvgIpc) is 2.19. The van der Waals surface area contributed by atoms with Crippen LogP contribution < -0.4 is 5.32 Å². The number of piperidine rings is 1. The van der Waals surface area contributed by atoms with E-state index in [0.29, 0.717) is 13.1 Å². The van der Waals surface area contributed by atoms with Crippen molar-refractivity contribution in [3.05, 3.63) is 12.4 Å². The molecule has 0 bridgehead atoms. The second-order valence-electron chi connectivity index (χ2n) is 3.55. The fourth-order valence-corrected chi connectivity index (χ4v) is 1.64. The first-order valence-corrected chi connectivity index (χ1v) is 4.65. The standard InChI is InChI=1S/C9H12F2N3/c10-9(11)1-5-14(6-2-9)8-7-12-3-4-13-8/h3,7-8,13H,1-2,5-6H2. The van der Waals surface area contributed by atoms with Crippen molar-refractivity contribution >= 4 is 6.21 Å². The minimum atomic E-state index is -2.48. The quantitative estimate of drug-likeness (QED) is 0.683. The summed E-state index contributed by atoms with van der Waals surface area (Å²) >= 11 is 0. The molecule has 0 amide bonds. The first-order chi connectivity index (χ1) is 6.67. The molecule has 0 saturated carbocycles. The van der Waals surface area contributed by atoms with E-state index >= 15 is 0 Å². The Hall–Kier alpha value is -0.970. The SMILES string of the molecule is FC1(F)CCN(C2C=NC=[C]N2)CC1. The number of rotatable bonds is 1. The van der Waals surface area contributed by atoms with E-state index in [1.165, 1.54) is 6.20 Å². The first-order valence-electron chi connectivity index (χ1n) is 4.65. The highest BCUT2D eigenvalue weighted by Gasteiger charge is 2.35. The van der Waals surface area contributed by atoms with Gasteiger partial charge < -0.3 is 5.32 Å². The highest BCUT2D eigenvalue weighted by Crippen LogP contribution is 2.28. The van der Waals surface area contributed by atoms with Gasteiger partial charge in [0.15, 0.2) is 0 Å². The number of hydrogen-bond acceptors (Lipinski definition) is 3. The maximum absolute atomic E-state index is 12.8. The number of nitrogens with zero attached hydrogens (tertiary/aromatic N) is 2. The van der Waals surface area contributed by atoms with Crippen LogP contribution in [-0.2, 0) is 0 Å². The zero-order valence-electron chi connectivity index (χ0n) is 7.71. The molecule has 0 aromatic carbocycles. The normalized spacial score (nSPS) is 31.4. The fourth-order valence-electron chi connectivity index (χ4n) is 1.64. The van der Waals surface area contributed by atoms with Crippen molar-refractivity contribution in [2.75, 3.05) is 13.1 Å². The molecule has 2 aliphatic rings. The molecule has 5 heteroatoms. The van der Waals surface area contributed by atoms with Crippen molar-refractivity contribution in [2.24, 2.45) is 4.99 Å². The Kier molecular flexibility index (Phi) is 2.50. The van der Waals surface area contributed by atoms with Crippen molar-refractivity contribution in [2.45, 2.75) is 24.9 Å². The van der Waals surface area contributed by atoms with Crippen LogP contribution in [0.2, 0.25) is 0 Å². The number of likely N-dealkylation sites (tertiary alicyclic amines) is 1. The Morgan fingerprint density at radius 2 is 2.14 bits per heavy atom.